The van der Waals surface area contributed by atoms with E-state index in [0.717, 1.165) is 31.9 Å². The van der Waals surface area contributed by atoms with Crippen molar-refractivity contribution in [2.45, 2.75) is 13.0 Å². The van der Waals surface area contributed by atoms with Crippen LogP contribution in [0.3, 0.4) is 0 Å². The van der Waals surface area contributed by atoms with Crippen molar-refractivity contribution in [2.24, 2.45) is 5.73 Å². The third-order valence-electron chi connectivity index (χ3n) is 3.17. The Hall–Kier alpha value is -1.03. The largest absolute Gasteiger partial charge is 0.496 e. The second-order valence-electron chi connectivity index (χ2n) is 4.32. The summed E-state index contributed by atoms with van der Waals surface area (Å²) >= 11 is 9.62. The van der Waals surface area contributed by atoms with E-state index in [9.17, 15) is 0 Å². The second-order valence-corrected chi connectivity index (χ2v) is 5.64. The quantitative estimate of drug-likeness (QED) is 0.895. The predicted octanol–water partition coefficient (Wildman–Crippen LogP) is 4.47. The Morgan fingerprint density at radius 3 is 2.63 bits per heavy atom. The fourth-order valence-corrected chi connectivity index (χ4v) is 2.64. The van der Waals surface area contributed by atoms with Gasteiger partial charge < -0.3 is 10.5 Å². The molecule has 2 nitrogen and oxygen atoms in total. The van der Waals surface area contributed by atoms with Gasteiger partial charge >= 0.3 is 0 Å². The van der Waals surface area contributed by atoms with E-state index in [1.54, 1.807) is 7.11 Å². The van der Waals surface area contributed by atoms with Gasteiger partial charge in [0.25, 0.3) is 0 Å². The fourth-order valence-electron chi connectivity index (χ4n) is 2.08. The zero-order chi connectivity index (χ0) is 14.0. The number of halogens is 2. The minimum absolute atomic E-state index is 0.272. The summed E-state index contributed by atoms with van der Waals surface area (Å²) in [6.45, 7) is 1.97. The molecule has 0 bridgehead atoms. The maximum atomic E-state index is 6.37. The molecule has 0 aliphatic rings. The molecule has 4 heteroatoms. The average molecular weight is 341 g/mol. The summed E-state index contributed by atoms with van der Waals surface area (Å²) in [5, 5.41) is 0.724. The summed E-state index contributed by atoms with van der Waals surface area (Å²) in [5.41, 5.74) is 9.31. The van der Waals surface area contributed by atoms with E-state index in [-0.39, 0.29) is 6.04 Å². The van der Waals surface area contributed by atoms with Crippen molar-refractivity contribution >= 4 is 27.5 Å². The van der Waals surface area contributed by atoms with Gasteiger partial charge in [-0.3, -0.25) is 0 Å². The van der Waals surface area contributed by atoms with E-state index >= 15 is 0 Å². The lowest BCUT2D eigenvalue weighted by Crippen LogP contribution is -2.14. The van der Waals surface area contributed by atoms with Crippen molar-refractivity contribution in [2.75, 3.05) is 7.11 Å². The summed E-state index contributed by atoms with van der Waals surface area (Å²) in [7, 11) is 1.64. The van der Waals surface area contributed by atoms with Crippen LogP contribution in [0.5, 0.6) is 5.75 Å². The summed E-state index contributed by atoms with van der Waals surface area (Å²) in [6, 6.07) is 11.3. The number of nitrogens with two attached hydrogens (primary N) is 1. The Bertz CT molecular complexity index is 601. The number of benzene rings is 2. The molecule has 2 N–H and O–H groups in total. The van der Waals surface area contributed by atoms with Crippen LogP contribution in [0.1, 0.15) is 22.7 Å². The van der Waals surface area contributed by atoms with E-state index < -0.39 is 0 Å². The Kier molecular flexibility index (Phi) is 4.50. The molecule has 100 valence electrons. The first-order valence-electron chi connectivity index (χ1n) is 5.88. The van der Waals surface area contributed by atoms with Crippen molar-refractivity contribution in [3.63, 3.8) is 0 Å². The normalized spacial score (nSPS) is 12.3. The highest BCUT2D eigenvalue weighted by Crippen LogP contribution is 2.33. The number of hydrogen-bond donors (Lipinski definition) is 1. The SMILES string of the molecule is COc1ccc(Br)cc1C(N)c1cccc(Cl)c1C. The summed E-state index contributed by atoms with van der Waals surface area (Å²) in [4.78, 5) is 0. The van der Waals surface area contributed by atoms with Crippen molar-refractivity contribution in [3.05, 3.63) is 62.6 Å². The minimum Gasteiger partial charge on any atom is -0.496 e. The van der Waals surface area contributed by atoms with E-state index in [2.05, 4.69) is 15.9 Å². The van der Waals surface area contributed by atoms with E-state index in [1.807, 2.05) is 43.3 Å². The molecule has 2 aromatic rings. The number of rotatable bonds is 3. The summed E-state index contributed by atoms with van der Waals surface area (Å²) in [6.07, 6.45) is 0. The van der Waals surface area contributed by atoms with Crippen LogP contribution in [0, 0.1) is 6.92 Å². The summed E-state index contributed by atoms with van der Waals surface area (Å²) < 4.78 is 6.35. The summed E-state index contributed by atoms with van der Waals surface area (Å²) in [5.74, 6) is 0.773. The average Bonchev–Trinajstić information content (AvgIpc) is 2.41. The molecular formula is C15H15BrClNO. The lowest BCUT2D eigenvalue weighted by molar-refractivity contribution is 0.407. The first-order chi connectivity index (χ1) is 9.04. The molecule has 0 radical (unpaired) electrons. The van der Waals surface area contributed by atoms with Gasteiger partial charge in [0.2, 0.25) is 0 Å². The van der Waals surface area contributed by atoms with Gasteiger partial charge in [0.05, 0.1) is 13.2 Å². The molecule has 0 fully saturated rings. The first-order valence-corrected chi connectivity index (χ1v) is 7.05. The van der Waals surface area contributed by atoms with Crippen molar-refractivity contribution in [1.29, 1.82) is 0 Å². The highest BCUT2D eigenvalue weighted by Gasteiger charge is 2.17. The van der Waals surface area contributed by atoms with Crippen LogP contribution < -0.4 is 10.5 Å². The van der Waals surface area contributed by atoms with Crippen molar-refractivity contribution in [1.82, 2.24) is 0 Å². The smallest absolute Gasteiger partial charge is 0.124 e. The van der Waals surface area contributed by atoms with Gasteiger partial charge in [-0.15, -0.1) is 0 Å². The fraction of sp³-hybridized carbons (Fsp3) is 0.200. The molecule has 0 aromatic heterocycles. The Balaban J connectivity index is 2.52. The van der Waals surface area contributed by atoms with Crippen molar-refractivity contribution < 1.29 is 4.74 Å². The van der Waals surface area contributed by atoms with Crippen LogP contribution in [0.2, 0.25) is 5.02 Å². The van der Waals surface area contributed by atoms with Gasteiger partial charge in [0, 0.05) is 15.1 Å². The van der Waals surface area contributed by atoms with E-state index in [4.69, 9.17) is 22.1 Å². The molecule has 2 aromatic carbocycles. The molecule has 0 heterocycles. The van der Waals surface area contributed by atoms with Gasteiger partial charge in [-0.1, -0.05) is 39.7 Å². The first kappa shape index (κ1) is 14.4. The standard InChI is InChI=1S/C15H15BrClNO/c1-9-11(4-3-5-13(9)17)15(18)12-8-10(16)6-7-14(12)19-2/h3-8,15H,18H2,1-2H3. The Morgan fingerprint density at radius 2 is 1.95 bits per heavy atom. The molecule has 0 saturated heterocycles. The molecule has 2 rings (SSSR count). The molecule has 0 saturated carbocycles. The lowest BCUT2D eigenvalue weighted by Gasteiger charge is -2.19. The van der Waals surface area contributed by atoms with Gasteiger partial charge in [-0.2, -0.15) is 0 Å². The zero-order valence-corrected chi connectivity index (χ0v) is 13.1. The highest BCUT2D eigenvalue weighted by molar-refractivity contribution is 9.10. The van der Waals surface area contributed by atoms with Crippen LogP contribution in [-0.2, 0) is 0 Å². The lowest BCUT2D eigenvalue weighted by atomic mass is 9.95. The molecular weight excluding hydrogens is 326 g/mol. The van der Waals surface area contributed by atoms with Crippen LogP contribution >= 0.6 is 27.5 Å². The molecule has 19 heavy (non-hydrogen) atoms. The van der Waals surface area contributed by atoms with Crippen LogP contribution in [-0.4, -0.2) is 7.11 Å². The molecule has 0 aliphatic carbocycles. The van der Waals surface area contributed by atoms with Crippen LogP contribution in [0.15, 0.2) is 40.9 Å². The van der Waals surface area contributed by atoms with E-state index in [1.165, 1.54) is 0 Å². The second kappa shape index (κ2) is 5.95. The van der Waals surface area contributed by atoms with Gasteiger partial charge in [0.1, 0.15) is 5.75 Å². The topological polar surface area (TPSA) is 35.2 Å². The Morgan fingerprint density at radius 1 is 1.21 bits per heavy atom. The zero-order valence-electron chi connectivity index (χ0n) is 10.8. The van der Waals surface area contributed by atoms with E-state index in [0.29, 0.717) is 0 Å². The van der Waals surface area contributed by atoms with Crippen LogP contribution in [0.4, 0.5) is 0 Å². The molecule has 1 unspecified atom stereocenters. The molecule has 0 amide bonds. The minimum atomic E-state index is -0.272. The monoisotopic (exact) mass is 339 g/mol. The van der Waals surface area contributed by atoms with Gasteiger partial charge in [-0.25, -0.2) is 0 Å². The third kappa shape index (κ3) is 2.94. The third-order valence-corrected chi connectivity index (χ3v) is 4.07. The van der Waals surface area contributed by atoms with Crippen molar-refractivity contribution in [3.8, 4) is 5.75 Å². The maximum Gasteiger partial charge on any atom is 0.124 e. The van der Waals surface area contributed by atoms with Crippen LogP contribution in [0.25, 0.3) is 0 Å². The predicted molar refractivity (Wildman–Crippen MR) is 82.9 cm³/mol. The number of ether oxygens (including phenoxy) is 1. The Labute approximate surface area is 126 Å². The number of hydrogen-bond acceptors (Lipinski definition) is 2. The van der Waals surface area contributed by atoms with Gasteiger partial charge in [-0.05, 0) is 42.3 Å². The highest BCUT2D eigenvalue weighted by atomic mass is 79.9. The molecule has 0 aliphatic heterocycles. The maximum absolute atomic E-state index is 6.37. The van der Waals surface area contributed by atoms with Gasteiger partial charge in [0.15, 0.2) is 0 Å². The molecule has 1 atom stereocenters. The number of methoxy groups -OCH3 is 1. The molecule has 0 spiro atoms.